The number of hydrogen-bond donors (Lipinski definition) is 0. The van der Waals surface area contributed by atoms with Crippen LogP contribution in [0.2, 0.25) is 0 Å². The predicted octanol–water partition coefficient (Wildman–Crippen LogP) is 4.09. The number of hydrogen-bond acceptors (Lipinski definition) is 0. The average molecular weight is 387 g/mol. The zero-order valence-corrected chi connectivity index (χ0v) is 13.6. The summed E-state index contributed by atoms with van der Waals surface area (Å²) < 4.78 is 27.4. The fourth-order valence-corrected chi connectivity index (χ4v) is 3.29. The second kappa shape index (κ2) is 5.99. The van der Waals surface area contributed by atoms with Crippen molar-refractivity contribution in [2.24, 2.45) is 0 Å². The maximum absolute atomic E-state index is 13.1. The fourth-order valence-electron chi connectivity index (χ4n) is 2.33. The predicted molar refractivity (Wildman–Crippen MR) is 82.6 cm³/mol. The van der Waals surface area contributed by atoms with Gasteiger partial charge in [-0.15, -0.1) is 0 Å². The fraction of sp³-hybridized carbons (Fsp3) is 0. The molecule has 3 rings (SSSR count). The van der Waals surface area contributed by atoms with Gasteiger partial charge in [0, 0.05) is 0 Å². The van der Waals surface area contributed by atoms with Gasteiger partial charge in [-0.25, -0.2) is 0 Å². The third kappa shape index (κ3) is 3.01. The van der Waals surface area contributed by atoms with E-state index in [0.29, 0.717) is 0 Å². The van der Waals surface area contributed by atoms with Crippen molar-refractivity contribution >= 4 is 26.5 Å². The Morgan fingerprint density at radius 1 is 0.619 bits per heavy atom. The Hall–Kier alpha value is -1.66. The molecule has 0 saturated carbocycles. The second-order valence-corrected chi connectivity index (χ2v) is 6.09. The van der Waals surface area contributed by atoms with E-state index in [1.54, 1.807) is 47.3 Å². The van der Waals surface area contributed by atoms with Crippen molar-refractivity contribution in [3.63, 3.8) is 0 Å². The summed E-state index contributed by atoms with van der Waals surface area (Å²) in [6, 6.07) is 19.0. The van der Waals surface area contributed by atoms with Gasteiger partial charge in [-0.3, -0.25) is 0 Å². The topological polar surface area (TPSA) is 0 Å². The van der Waals surface area contributed by atoms with Crippen molar-refractivity contribution in [1.82, 2.24) is 0 Å². The first-order chi connectivity index (χ1) is 10.1. The summed E-state index contributed by atoms with van der Waals surface area (Å²) in [4.78, 5) is 0. The molecule has 0 amide bonds. The SMILES string of the molecule is Fc1ccc(-c2ccc[c]([Sb])c2-c2ccc(F)cc2)cc1. The van der Waals surface area contributed by atoms with E-state index in [-0.39, 0.29) is 11.6 Å². The molecular weight excluding hydrogens is 376 g/mol. The summed E-state index contributed by atoms with van der Waals surface area (Å²) in [5.41, 5.74) is 4.01. The molecule has 0 unspecified atom stereocenters. The summed E-state index contributed by atoms with van der Waals surface area (Å²) in [5.74, 6) is -0.502. The van der Waals surface area contributed by atoms with Crippen molar-refractivity contribution < 1.29 is 8.78 Å². The number of benzene rings is 3. The summed E-state index contributed by atoms with van der Waals surface area (Å²) in [7, 11) is 0. The van der Waals surface area contributed by atoms with Crippen LogP contribution in [-0.2, 0) is 0 Å². The molecule has 0 N–H and O–H groups in total. The number of rotatable bonds is 2. The third-order valence-electron chi connectivity index (χ3n) is 3.33. The monoisotopic (exact) mass is 386 g/mol. The zero-order chi connectivity index (χ0) is 14.8. The van der Waals surface area contributed by atoms with Gasteiger partial charge >= 0.3 is 136 Å². The van der Waals surface area contributed by atoms with E-state index < -0.39 is 0 Å². The van der Waals surface area contributed by atoms with E-state index in [9.17, 15) is 8.78 Å². The van der Waals surface area contributed by atoms with Crippen molar-refractivity contribution in [2.45, 2.75) is 0 Å². The molecule has 0 saturated heterocycles. The summed E-state index contributed by atoms with van der Waals surface area (Å²) in [6.45, 7) is 0. The summed E-state index contributed by atoms with van der Waals surface area (Å²) in [6.07, 6.45) is 0. The molecule has 0 nitrogen and oxygen atoms in total. The van der Waals surface area contributed by atoms with Crippen LogP contribution in [0.1, 0.15) is 0 Å². The van der Waals surface area contributed by atoms with Gasteiger partial charge in [-0.2, -0.15) is 0 Å². The van der Waals surface area contributed by atoms with Gasteiger partial charge in [0.05, 0.1) is 0 Å². The standard InChI is InChI=1S/C18H11F2.Sb/c19-15-9-5-13(6-10-15)17-3-1-2-4-18(17)14-7-11-16(20)12-8-14;/h1-3,5-12H;. The van der Waals surface area contributed by atoms with Crippen LogP contribution >= 0.6 is 0 Å². The van der Waals surface area contributed by atoms with Crippen molar-refractivity contribution in [2.75, 3.05) is 0 Å². The minimum atomic E-state index is -0.252. The van der Waals surface area contributed by atoms with Gasteiger partial charge in [0.25, 0.3) is 0 Å². The molecule has 21 heavy (non-hydrogen) atoms. The van der Waals surface area contributed by atoms with Crippen LogP contribution < -0.4 is 3.51 Å². The Morgan fingerprint density at radius 2 is 1.14 bits per heavy atom. The molecule has 0 fully saturated rings. The second-order valence-electron chi connectivity index (χ2n) is 4.71. The number of halogens is 2. The van der Waals surface area contributed by atoms with E-state index in [2.05, 4.69) is 0 Å². The van der Waals surface area contributed by atoms with Gasteiger partial charge in [0.1, 0.15) is 0 Å². The molecule has 3 heteroatoms. The molecule has 0 aromatic heterocycles. The van der Waals surface area contributed by atoms with Crippen molar-refractivity contribution in [1.29, 1.82) is 0 Å². The molecule has 0 bridgehead atoms. The van der Waals surface area contributed by atoms with E-state index in [4.69, 9.17) is 0 Å². The van der Waals surface area contributed by atoms with Gasteiger partial charge in [-0.1, -0.05) is 0 Å². The summed E-state index contributed by atoms with van der Waals surface area (Å²) in [5, 5.41) is 0. The van der Waals surface area contributed by atoms with Crippen LogP contribution in [0.25, 0.3) is 22.3 Å². The van der Waals surface area contributed by atoms with Crippen LogP contribution in [0.3, 0.4) is 0 Å². The van der Waals surface area contributed by atoms with Gasteiger partial charge in [-0.05, 0) is 0 Å². The van der Waals surface area contributed by atoms with Crippen LogP contribution in [0.4, 0.5) is 8.78 Å². The molecule has 0 atom stereocenters. The van der Waals surface area contributed by atoms with E-state index in [1.807, 2.05) is 18.2 Å². The van der Waals surface area contributed by atoms with Crippen LogP contribution in [0.15, 0.2) is 66.7 Å². The Kier molecular flexibility index (Phi) is 4.07. The molecular formula is C18H11F2Sb. The zero-order valence-electron chi connectivity index (χ0n) is 11.1. The molecule has 2 radical (unpaired) electrons. The first kappa shape index (κ1) is 14.3. The third-order valence-corrected chi connectivity index (χ3v) is 4.39. The molecule has 0 aliphatic heterocycles. The van der Waals surface area contributed by atoms with Crippen LogP contribution in [0, 0.1) is 11.6 Å². The van der Waals surface area contributed by atoms with Gasteiger partial charge in [0.15, 0.2) is 0 Å². The Bertz CT molecular complexity index is 762. The Labute approximate surface area is 135 Å². The van der Waals surface area contributed by atoms with Crippen molar-refractivity contribution in [3.05, 3.63) is 78.4 Å². The molecule has 3 aromatic rings. The average Bonchev–Trinajstić information content (AvgIpc) is 2.49. The molecule has 102 valence electrons. The molecule has 0 aliphatic rings. The van der Waals surface area contributed by atoms with Gasteiger partial charge in [0.2, 0.25) is 0 Å². The van der Waals surface area contributed by atoms with E-state index in [1.165, 1.54) is 24.3 Å². The first-order valence-electron chi connectivity index (χ1n) is 6.49. The molecule has 0 heterocycles. The first-order valence-corrected chi connectivity index (χ1v) is 7.76. The van der Waals surface area contributed by atoms with E-state index in [0.717, 1.165) is 25.8 Å². The molecule has 3 aromatic carbocycles. The molecule has 0 spiro atoms. The Morgan fingerprint density at radius 3 is 1.71 bits per heavy atom. The Balaban J connectivity index is 2.20. The van der Waals surface area contributed by atoms with Crippen LogP contribution in [0.5, 0.6) is 0 Å². The normalized spacial score (nSPS) is 10.6. The van der Waals surface area contributed by atoms with Gasteiger partial charge < -0.3 is 0 Å². The summed E-state index contributed by atoms with van der Waals surface area (Å²) >= 11 is 1.61. The van der Waals surface area contributed by atoms with E-state index >= 15 is 0 Å². The maximum atomic E-state index is 13.1. The molecule has 0 aliphatic carbocycles. The van der Waals surface area contributed by atoms with Crippen molar-refractivity contribution in [3.8, 4) is 22.3 Å². The van der Waals surface area contributed by atoms with Crippen LogP contribution in [-0.4, -0.2) is 23.0 Å². The minimum absolute atomic E-state index is 0.250. The quantitative estimate of drug-likeness (QED) is 0.582.